The molecule has 130 valence electrons. The maximum Gasteiger partial charge on any atom is 0.278 e. The van der Waals surface area contributed by atoms with E-state index in [-0.39, 0.29) is 5.91 Å². The van der Waals surface area contributed by atoms with Gasteiger partial charge in [0.05, 0.1) is 0 Å². The summed E-state index contributed by atoms with van der Waals surface area (Å²) in [5.74, 6) is -0.244. The lowest BCUT2D eigenvalue weighted by Crippen LogP contribution is -2.27. The van der Waals surface area contributed by atoms with Crippen molar-refractivity contribution in [3.05, 3.63) is 35.3 Å². The number of benzene rings is 1. The summed E-state index contributed by atoms with van der Waals surface area (Å²) in [6, 6.07) is 8.13. The van der Waals surface area contributed by atoms with Gasteiger partial charge in [-0.05, 0) is 37.8 Å². The molecule has 0 unspecified atom stereocenters. The van der Waals surface area contributed by atoms with Crippen LogP contribution in [0.2, 0.25) is 0 Å². The SMILES string of the molecule is O=C(Nc1nncs1)/C(=N/N1CCCC1)c1ccc(SC2CC2)cc1. The van der Waals surface area contributed by atoms with E-state index < -0.39 is 0 Å². The van der Waals surface area contributed by atoms with Crippen LogP contribution in [-0.2, 0) is 4.79 Å². The molecule has 1 saturated carbocycles. The number of rotatable bonds is 6. The summed E-state index contributed by atoms with van der Waals surface area (Å²) in [6.45, 7) is 1.79. The Hall–Kier alpha value is -1.93. The molecule has 1 amide bonds. The van der Waals surface area contributed by atoms with E-state index in [2.05, 4.69) is 32.7 Å². The van der Waals surface area contributed by atoms with Crippen LogP contribution in [0.15, 0.2) is 39.8 Å². The molecule has 0 bridgehead atoms. The smallest absolute Gasteiger partial charge is 0.278 e. The van der Waals surface area contributed by atoms with Gasteiger partial charge in [0.1, 0.15) is 5.51 Å². The fourth-order valence-corrected chi connectivity index (χ4v) is 4.12. The van der Waals surface area contributed by atoms with Gasteiger partial charge in [0.15, 0.2) is 5.71 Å². The molecule has 8 heteroatoms. The first kappa shape index (κ1) is 16.5. The van der Waals surface area contributed by atoms with Crippen molar-refractivity contribution >= 4 is 39.8 Å². The lowest BCUT2D eigenvalue weighted by molar-refractivity contribution is -0.110. The lowest BCUT2D eigenvalue weighted by Gasteiger charge is -2.14. The standard InChI is InChI=1S/C17H19N5OS2/c23-16(19-17-20-18-11-24-17)15(21-22-9-1-2-10-22)12-3-5-13(6-4-12)25-14-7-8-14/h3-6,11,14H,1-2,7-10H2,(H,19,20,23)/b21-15+. The molecule has 1 saturated heterocycles. The van der Waals surface area contributed by atoms with E-state index in [1.165, 1.54) is 29.1 Å². The zero-order valence-electron chi connectivity index (χ0n) is 13.7. The van der Waals surface area contributed by atoms with E-state index in [1.54, 1.807) is 5.51 Å². The molecule has 25 heavy (non-hydrogen) atoms. The van der Waals surface area contributed by atoms with Crippen molar-refractivity contribution in [3.8, 4) is 0 Å². The highest BCUT2D eigenvalue weighted by Crippen LogP contribution is 2.39. The van der Waals surface area contributed by atoms with Gasteiger partial charge >= 0.3 is 0 Å². The Morgan fingerprint density at radius 2 is 2.00 bits per heavy atom. The maximum atomic E-state index is 12.7. The first-order valence-electron chi connectivity index (χ1n) is 8.46. The zero-order valence-corrected chi connectivity index (χ0v) is 15.4. The number of carbonyl (C=O) groups excluding carboxylic acids is 1. The molecule has 2 aromatic rings. The van der Waals surface area contributed by atoms with Gasteiger partial charge in [0.2, 0.25) is 5.13 Å². The van der Waals surface area contributed by atoms with Crippen molar-refractivity contribution in [2.24, 2.45) is 5.10 Å². The quantitative estimate of drug-likeness (QED) is 0.787. The highest BCUT2D eigenvalue weighted by molar-refractivity contribution is 8.00. The van der Waals surface area contributed by atoms with Crippen molar-refractivity contribution in [2.45, 2.75) is 35.8 Å². The third-order valence-electron chi connectivity index (χ3n) is 4.07. The summed E-state index contributed by atoms with van der Waals surface area (Å²) in [5.41, 5.74) is 2.85. The van der Waals surface area contributed by atoms with Gasteiger partial charge in [0, 0.05) is 28.8 Å². The minimum atomic E-state index is -0.244. The van der Waals surface area contributed by atoms with Crippen LogP contribution in [0.25, 0.3) is 0 Å². The highest BCUT2D eigenvalue weighted by Gasteiger charge is 2.23. The minimum absolute atomic E-state index is 0.244. The van der Waals surface area contributed by atoms with Crippen molar-refractivity contribution in [2.75, 3.05) is 18.4 Å². The number of anilines is 1. The fraction of sp³-hybridized carbons (Fsp3) is 0.412. The molecule has 1 aliphatic heterocycles. The molecular formula is C17H19N5OS2. The number of amides is 1. The predicted octanol–water partition coefficient (Wildman–Crippen LogP) is 3.23. The number of hydrogen-bond acceptors (Lipinski definition) is 7. The average molecular weight is 374 g/mol. The largest absolute Gasteiger partial charge is 0.296 e. The Balaban J connectivity index is 1.56. The van der Waals surface area contributed by atoms with Crippen LogP contribution in [0.5, 0.6) is 0 Å². The summed E-state index contributed by atoms with van der Waals surface area (Å²) in [7, 11) is 0. The Kier molecular flexibility index (Phi) is 4.98. The van der Waals surface area contributed by atoms with E-state index >= 15 is 0 Å². The summed E-state index contributed by atoms with van der Waals surface area (Å²) in [6.07, 6.45) is 4.84. The van der Waals surface area contributed by atoms with Crippen LogP contribution in [0.4, 0.5) is 5.13 Å². The van der Waals surface area contributed by atoms with E-state index in [9.17, 15) is 4.79 Å². The number of hydrazone groups is 1. The maximum absolute atomic E-state index is 12.7. The molecule has 2 heterocycles. The first-order valence-corrected chi connectivity index (χ1v) is 10.2. The molecule has 1 N–H and O–H groups in total. The molecule has 2 aliphatic rings. The van der Waals surface area contributed by atoms with Crippen molar-refractivity contribution in [1.29, 1.82) is 0 Å². The van der Waals surface area contributed by atoms with Crippen molar-refractivity contribution in [3.63, 3.8) is 0 Å². The molecule has 1 aromatic carbocycles. The molecule has 0 atom stereocenters. The van der Waals surface area contributed by atoms with Gasteiger partial charge in [-0.25, -0.2) is 0 Å². The van der Waals surface area contributed by atoms with Crippen LogP contribution in [0.1, 0.15) is 31.2 Å². The lowest BCUT2D eigenvalue weighted by atomic mass is 10.1. The molecule has 1 aromatic heterocycles. The predicted molar refractivity (Wildman–Crippen MR) is 101 cm³/mol. The van der Waals surface area contributed by atoms with E-state index in [4.69, 9.17) is 0 Å². The summed E-state index contributed by atoms with van der Waals surface area (Å²) < 4.78 is 0. The van der Waals surface area contributed by atoms with Crippen molar-refractivity contribution in [1.82, 2.24) is 15.2 Å². The fourth-order valence-electron chi connectivity index (χ4n) is 2.63. The normalized spacial score (nSPS) is 17.8. The number of aromatic nitrogens is 2. The van der Waals surface area contributed by atoms with Gasteiger partial charge in [0.25, 0.3) is 5.91 Å². The molecule has 0 radical (unpaired) electrons. The Bertz CT molecular complexity index is 750. The van der Waals surface area contributed by atoms with Crippen LogP contribution in [-0.4, -0.2) is 45.2 Å². The van der Waals surface area contributed by atoms with Gasteiger partial charge in [-0.15, -0.1) is 22.0 Å². The second-order valence-corrected chi connectivity index (χ2v) is 8.36. The average Bonchev–Trinajstić information content (AvgIpc) is 3.08. The Morgan fingerprint density at radius 3 is 2.64 bits per heavy atom. The van der Waals surface area contributed by atoms with E-state index in [0.29, 0.717) is 10.8 Å². The number of nitrogens with zero attached hydrogens (tertiary/aromatic N) is 4. The van der Waals surface area contributed by atoms with Gasteiger partial charge in [-0.1, -0.05) is 23.5 Å². The number of carbonyl (C=O) groups is 1. The van der Waals surface area contributed by atoms with E-state index in [1.807, 2.05) is 28.9 Å². The number of hydrogen-bond donors (Lipinski definition) is 1. The number of nitrogens with one attached hydrogen (secondary N) is 1. The molecule has 1 aliphatic carbocycles. The minimum Gasteiger partial charge on any atom is -0.296 e. The van der Waals surface area contributed by atoms with Crippen molar-refractivity contribution < 1.29 is 4.79 Å². The Labute approximate surface area is 154 Å². The second-order valence-electron chi connectivity index (χ2n) is 6.15. The molecule has 4 rings (SSSR count). The highest BCUT2D eigenvalue weighted by atomic mass is 32.2. The first-order chi connectivity index (χ1) is 12.3. The summed E-state index contributed by atoms with van der Waals surface area (Å²) in [5, 5.41) is 18.3. The van der Waals surface area contributed by atoms with Gasteiger partial charge in [-0.3, -0.25) is 15.1 Å². The molecular weight excluding hydrogens is 354 g/mol. The zero-order chi connectivity index (χ0) is 17.1. The van der Waals surface area contributed by atoms with Crippen LogP contribution < -0.4 is 5.32 Å². The molecule has 2 fully saturated rings. The van der Waals surface area contributed by atoms with Crippen LogP contribution in [0.3, 0.4) is 0 Å². The summed E-state index contributed by atoms with van der Waals surface area (Å²) in [4.78, 5) is 14.0. The third kappa shape index (κ3) is 4.38. The topological polar surface area (TPSA) is 70.5 Å². The third-order valence-corrected chi connectivity index (χ3v) is 6.03. The monoisotopic (exact) mass is 373 g/mol. The van der Waals surface area contributed by atoms with E-state index in [0.717, 1.165) is 36.7 Å². The molecule has 6 nitrogen and oxygen atoms in total. The Morgan fingerprint density at radius 1 is 1.24 bits per heavy atom. The number of thioether (sulfide) groups is 1. The summed E-state index contributed by atoms with van der Waals surface area (Å²) >= 11 is 3.20. The van der Waals surface area contributed by atoms with Gasteiger partial charge < -0.3 is 0 Å². The van der Waals surface area contributed by atoms with Gasteiger partial charge in [-0.2, -0.15) is 5.10 Å². The molecule has 0 spiro atoms. The van der Waals surface area contributed by atoms with Crippen LogP contribution in [0, 0.1) is 0 Å². The van der Waals surface area contributed by atoms with Crippen LogP contribution >= 0.6 is 23.1 Å². The second kappa shape index (κ2) is 7.53.